The fraction of sp³-hybridized carbons (Fsp3) is 0.154. The van der Waals surface area contributed by atoms with Gasteiger partial charge in [-0.3, -0.25) is 0 Å². The van der Waals surface area contributed by atoms with Crippen molar-refractivity contribution in [3.05, 3.63) is 47.7 Å². The lowest BCUT2D eigenvalue weighted by Gasteiger charge is -2.07. The number of hydrogen-bond donors (Lipinski definition) is 1. The zero-order valence-corrected chi connectivity index (χ0v) is 9.65. The number of methoxy groups -OCH3 is 1. The molecule has 0 bridgehead atoms. The van der Waals surface area contributed by atoms with Gasteiger partial charge < -0.3 is 9.84 Å². The first-order valence-electron chi connectivity index (χ1n) is 5.24. The predicted octanol–water partition coefficient (Wildman–Crippen LogP) is 2.53. The Balaban J connectivity index is 2.56. The summed E-state index contributed by atoms with van der Waals surface area (Å²) in [5.41, 5.74) is 0.883. The highest BCUT2D eigenvalue weighted by Gasteiger charge is 2.10. The molecule has 1 aromatic carbocycles. The van der Waals surface area contributed by atoms with Crippen LogP contribution in [0.2, 0.25) is 0 Å². The number of halogens is 2. The molecule has 0 atom stereocenters. The number of rotatable bonds is 3. The van der Waals surface area contributed by atoms with Crippen molar-refractivity contribution in [2.45, 2.75) is 6.61 Å². The summed E-state index contributed by atoms with van der Waals surface area (Å²) in [6, 6.07) is 5.28. The molecular weight excluding hydrogens is 240 g/mol. The third-order valence-corrected chi connectivity index (χ3v) is 2.49. The van der Waals surface area contributed by atoms with Crippen molar-refractivity contribution < 1.29 is 18.6 Å². The number of aromatic nitrogens is 1. The minimum Gasteiger partial charge on any atom is -0.481 e. The maximum absolute atomic E-state index is 13.7. The van der Waals surface area contributed by atoms with Crippen LogP contribution in [0, 0.1) is 11.6 Å². The number of aliphatic hydroxyl groups is 1. The number of benzene rings is 1. The van der Waals surface area contributed by atoms with E-state index in [0.717, 1.165) is 6.20 Å². The summed E-state index contributed by atoms with van der Waals surface area (Å²) in [4.78, 5) is 3.71. The molecule has 18 heavy (non-hydrogen) atoms. The van der Waals surface area contributed by atoms with Crippen LogP contribution in [0.1, 0.15) is 5.56 Å². The Labute approximate surface area is 103 Å². The molecule has 0 aliphatic carbocycles. The van der Waals surface area contributed by atoms with Gasteiger partial charge in [0.2, 0.25) is 5.88 Å². The van der Waals surface area contributed by atoms with Crippen LogP contribution in [0.4, 0.5) is 8.78 Å². The van der Waals surface area contributed by atoms with Gasteiger partial charge in [0.15, 0.2) is 0 Å². The fourth-order valence-corrected chi connectivity index (χ4v) is 1.65. The van der Waals surface area contributed by atoms with Crippen molar-refractivity contribution in [1.29, 1.82) is 0 Å². The van der Waals surface area contributed by atoms with Gasteiger partial charge in [-0.05, 0) is 29.3 Å². The average molecular weight is 251 g/mol. The molecule has 3 nitrogen and oxygen atoms in total. The maximum Gasteiger partial charge on any atom is 0.213 e. The average Bonchev–Trinajstić information content (AvgIpc) is 2.38. The van der Waals surface area contributed by atoms with Gasteiger partial charge >= 0.3 is 0 Å². The normalized spacial score (nSPS) is 10.4. The van der Waals surface area contributed by atoms with Gasteiger partial charge in [0.25, 0.3) is 0 Å². The lowest BCUT2D eigenvalue weighted by molar-refractivity contribution is 0.281. The highest BCUT2D eigenvalue weighted by atomic mass is 19.1. The Kier molecular flexibility index (Phi) is 3.53. The van der Waals surface area contributed by atoms with E-state index in [0.29, 0.717) is 11.1 Å². The Bertz CT molecular complexity index is 573. The minimum absolute atomic E-state index is 0.177. The van der Waals surface area contributed by atoms with Crippen molar-refractivity contribution >= 4 is 0 Å². The number of aliphatic hydroxyl groups excluding tert-OH is 1. The molecule has 1 aromatic heterocycles. The van der Waals surface area contributed by atoms with Gasteiger partial charge in [-0.2, -0.15) is 0 Å². The van der Waals surface area contributed by atoms with Crippen LogP contribution >= 0.6 is 0 Å². The molecule has 0 unspecified atom stereocenters. The summed E-state index contributed by atoms with van der Waals surface area (Å²) in [7, 11) is 1.41. The van der Waals surface area contributed by atoms with Crippen molar-refractivity contribution in [3.8, 4) is 17.0 Å². The van der Waals surface area contributed by atoms with Gasteiger partial charge in [0.05, 0.1) is 19.9 Å². The zero-order valence-electron chi connectivity index (χ0n) is 9.65. The molecule has 94 valence electrons. The van der Waals surface area contributed by atoms with E-state index >= 15 is 0 Å². The molecule has 1 heterocycles. The fourth-order valence-electron chi connectivity index (χ4n) is 1.65. The second-order valence-electron chi connectivity index (χ2n) is 3.71. The summed E-state index contributed by atoms with van der Waals surface area (Å²) in [6.45, 7) is -0.311. The lowest BCUT2D eigenvalue weighted by atomic mass is 10.0. The molecule has 5 heteroatoms. The third-order valence-electron chi connectivity index (χ3n) is 2.49. The van der Waals surface area contributed by atoms with Gasteiger partial charge in [-0.15, -0.1) is 0 Å². The first-order valence-corrected chi connectivity index (χ1v) is 5.24. The third kappa shape index (κ3) is 2.46. The van der Waals surface area contributed by atoms with E-state index < -0.39 is 11.6 Å². The summed E-state index contributed by atoms with van der Waals surface area (Å²) in [5, 5.41) is 9.01. The van der Waals surface area contributed by atoms with Crippen LogP contribution in [-0.2, 0) is 6.61 Å². The largest absolute Gasteiger partial charge is 0.481 e. The van der Waals surface area contributed by atoms with Gasteiger partial charge in [-0.25, -0.2) is 13.8 Å². The van der Waals surface area contributed by atoms with Gasteiger partial charge in [0, 0.05) is 11.6 Å². The van der Waals surface area contributed by atoms with E-state index in [1.54, 1.807) is 0 Å². The molecule has 2 aromatic rings. The topological polar surface area (TPSA) is 42.4 Å². The Hall–Kier alpha value is -2.01. The number of hydrogen-bond acceptors (Lipinski definition) is 3. The predicted molar refractivity (Wildman–Crippen MR) is 62.1 cm³/mol. The molecule has 0 aliphatic rings. The second-order valence-corrected chi connectivity index (χ2v) is 3.71. The lowest BCUT2D eigenvalue weighted by Crippen LogP contribution is -1.94. The van der Waals surface area contributed by atoms with Gasteiger partial charge in [0.1, 0.15) is 11.6 Å². The maximum atomic E-state index is 13.7. The standard InChI is InChI=1S/C13H11F2NO2/c1-18-13-5-11(12(15)6-16-13)9-2-8(7-17)3-10(14)4-9/h2-6,17H,7H2,1H3. The van der Waals surface area contributed by atoms with E-state index in [9.17, 15) is 8.78 Å². The van der Waals surface area contributed by atoms with Crippen LogP contribution in [0.25, 0.3) is 11.1 Å². The van der Waals surface area contributed by atoms with Crippen molar-refractivity contribution in [2.75, 3.05) is 7.11 Å². The molecule has 2 rings (SSSR count). The molecule has 0 aliphatic heterocycles. The van der Waals surface area contributed by atoms with E-state index in [1.165, 1.54) is 31.4 Å². The highest BCUT2D eigenvalue weighted by molar-refractivity contribution is 5.65. The van der Waals surface area contributed by atoms with Crippen LogP contribution in [0.15, 0.2) is 30.5 Å². The molecule has 0 radical (unpaired) electrons. The van der Waals surface area contributed by atoms with E-state index in [2.05, 4.69) is 4.98 Å². The summed E-state index contributed by atoms with van der Waals surface area (Å²) in [6.07, 6.45) is 1.01. The molecule has 0 amide bonds. The summed E-state index contributed by atoms with van der Waals surface area (Å²) in [5.74, 6) is -0.877. The SMILES string of the molecule is COc1cc(-c2cc(F)cc(CO)c2)c(F)cn1. The second kappa shape index (κ2) is 5.10. The minimum atomic E-state index is -0.578. The molecule has 0 saturated carbocycles. The van der Waals surface area contributed by atoms with Crippen LogP contribution in [0.5, 0.6) is 5.88 Å². The molecule has 0 fully saturated rings. The quantitative estimate of drug-likeness (QED) is 0.911. The van der Waals surface area contributed by atoms with Gasteiger partial charge in [-0.1, -0.05) is 0 Å². The summed E-state index contributed by atoms with van der Waals surface area (Å²) >= 11 is 0. The van der Waals surface area contributed by atoms with Crippen LogP contribution < -0.4 is 4.74 Å². The van der Waals surface area contributed by atoms with E-state index in [-0.39, 0.29) is 18.1 Å². The molecule has 0 saturated heterocycles. The molecular formula is C13H11F2NO2. The Morgan fingerprint density at radius 1 is 1.22 bits per heavy atom. The molecule has 0 spiro atoms. The Morgan fingerprint density at radius 2 is 2.00 bits per heavy atom. The number of ether oxygens (including phenoxy) is 1. The van der Waals surface area contributed by atoms with Crippen molar-refractivity contribution in [1.82, 2.24) is 4.98 Å². The van der Waals surface area contributed by atoms with Crippen molar-refractivity contribution in [3.63, 3.8) is 0 Å². The number of nitrogens with zero attached hydrogens (tertiary/aromatic N) is 1. The smallest absolute Gasteiger partial charge is 0.213 e. The van der Waals surface area contributed by atoms with E-state index in [1.807, 2.05) is 0 Å². The van der Waals surface area contributed by atoms with E-state index in [4.69, 9.17) is 9.84 Å². The van der Waals surface area contributed by atoms with Crippen molar-refractivity contribution in [2.24, 2.45) is 0 Å². The first kappa shape index (κ1) is 12.4. The van der Waals surface area contributed by atoms with Crippen LogP contribution in [-0.4, -0.2) is 17.2 Å². The first-order chi connectivity index (χ1) is 8.63. The number of pyridine rings is 1. The highest BCUT2D eigenvalue weighted by Crippen LogP contribution is 2.27. The van der Waals surface area contributed by atoms with Crippen LogP contribution in [0.3, 0.4) is 0 Å². The zero-order chi connectivity index (χ0) is 13.1. The summed E-state index contributed by atoms with van der Waals surface area (Å²) < 4.78 is 31.9. The molecule has 1 N–H and O–H groups in total. The monoisotopic (exact) mass is 251 g/mol. The Morgan fingerprint density at radius 3 is 2.67 bits per heavy atom.